The molecule has 10 nitrogen and oxygen atoms in total. The summed E-state index contributed by atoms with van der Waals surface area (Å²) in [6.45, 7) is 0. The third-order valence-corrected chi connectivity index (χ3v) is 6.07. The van der Waals surface area contributed by atoms with Crippen LogP contribution < -0.4 is 10.9 Å². The number of anilines is 1. The molecule has 1 amide bonds. The van der Waals surface area contributed by atoms with Gasteiger partial charge < -0.3 is 15.0 Å². The topological polar surface area (TPSA) is 132 Å². The minimum atomic E-state index is -1.11. The smallest absolute Gasteiger partial charge is 0.337 e. The van der Waals surface area contributed by atoms with Gasteiger partial charge >= 0.3 is 5.97 Å². The van der Waals surface area contributed by atoms with Crippen LogP contribution in [-0.2, 0) is 25.3 Å². The van der Waals surface area contributed by atoms with Crippen LogP contribution in [0.5, 0.6) is 0 Å². The van der Waals surface area contributed by atoms with E-state index in [9.17, 15) is 19.5 Å². The van der Waals surface area contributed by atoms with Gasteiger partial charge in [0, 0.05) is 19.5 Å². The summed E-state index contributed by atoms with van der Waals surface area (Å²) in [5, 5.41) is 26.5. The van der Waals surface area contributed by atoms with E-state index in [2.05, 4.69) is 20.6 Å². The number of amides is 1. The Morgan fingerprint density at radius 1 is 1.03 bits per heavy atom. The molecule has 33 heavy (non-hydrogen) atoms. The molecule has 0 fully saturated rings. The molecule has 11 heteroatoms. The van der Waals surface area contributed by atoms with E-state index < -0.39 is 5.97 Å². The number of aromatic carboxylic acids is 1. The molecule has 0 aliphatic carbocycles. The molecular weight excluding hydrogens is 444 g/mol. The number of hydrogen-bond acceptors (Lipinski definition) is 7. The number of para-hydroxylation sites is 1. The summed E-state index contributed by atoms with van der Waals surface area (Å²) in [6, 6.07) is 13.5. The summed E-state index contributed by atoms with van der Waals surface area (Å²) in [7, 11) is 3.40. The van der Waals surface area contributed by atoms with Crippen molar-refractivity contribution in [3.05, 3.63) is 76.0 Å². The van der Waals surface area contributed by atoms with E-state index in [1.165, 1.54) is 28.6 Å². The fourth-order valence-corrected chi connectivity index (χ4v) is 4.11. The van der Waals surface area contributed by atoms with E-state index in [0.29, 0.717) is 28.5 Å². The molecule has 0 atom stereocenters. The first kappa shape index (κ1) is 22.2. The van der Waals surface area contributed by atoms with Crippen molar-refractivity contribution in [1.82, 2.24) is 24.5 Å². The average molecular weight is 465 g/mol. The van der Waals surface area contributed by atoms with Crippen molar-refractivity contribution in [3.8, 4) is 0 Å². The molecule has 0 radical (unpaired) electrons. The fourth-order valence-electron chi connectivity index (χ4n) is 3.38. The molecule has 2 aromatic heterocycles. The van der Waals surface area contributed by atoms with Gasteiger partial charge in [-0.1, -0.05) is 42.1 Å². The van der Waals surface area contributed by atoms with Crippen LogP contribution in [0, 0.1) is 0 Å². The molecule has 2 N–H and O–H groups in total. The van der Waals surface area contributed by atoms with E-state index in [-0.39, 0.29) is 28.5 Å². The Hall–Kier alpha value is -3.99. The van der Waals surface area contributed by atoms with Gasteiger partial charge in [-0.15, -0.1) is 10.2 Å². The first-order valence-corrected chi connectivity index (χ1v) is 10.9. The predicted molar refractivity (Wildman–Crippen MR) is 124 cm³/mol. The summed E-state index contributed by atoms with van der Waals surface area (Å²) in [5.41, 5.74) is 0.789. The maximum atomic E-state index is 12.4. The lowest BCUT2D eigenvalue weighted by Gasteiger charge is -2.09. The minimum absolute atomic E-state index is 0.0220. The lowest BCUT2D eigenvalue weighted by atomic mass is 10.1. The zero-order valence-electron chi connectivity index (χ0n) is 17.8. The molecular formula is C22H20N6O4S. The molecule has 4 rings (SSSR count). The summed E-state index contributed by atoms with van der Waals surface area (Å²) in [5.74, 6) is -0.813. The van der Waals surface area contributed by atoms with Gasteiger partial charge in [-0.05, 0) is 18.2 Å². The van der Waals surface area contributed by atoms with Crippen molar-refractivity contribution in [2.75, 3.05) is 11.1 Å². The van der Waals surface area contributed by atoms with Crippen molar-refractivity contribution in [1.29, 1.82) is 0 Å². The maximum absolute atomic E-state index is 12.4. The first-order valence-electron chi connectivity index (χ1n) is 9.93. The predicted octanol–water partition coefficient (Wildman–Crippen LogP) is 2.08. The van der Waals surface area contributed by atoms with E-state index in [0.717, 1.165) is 5.39 Å². The molecule has 0 bridgehead atoms. The summed E-state index contributed by atoms with van der Waals surface area (Å²) < 4.78 is 3.08. The van der Waals surface area contributed by atoms with E-state index in [1.54, 1.807) is 36.9 Å². The highest BCUT2D eigenvalue weighted by atomic mass is 32.2. The Morgan fingerprint density at radius 3 is 2.48 bits per heavy atom. The number of carboxylic acid groups (broad SMARTS) is 1. The van der Waals surface area contributed by atoms with Gasteiger partial charge in [0.05, 0.1) is 34.5 Å². The molecule has 168 valence electrons. The number of carboxylic acids is 1. The van der Waals surface area contributed by atoms with Crippen LogP contribution in [0.2, 0.25) is 0 Å². The van der Waals surface area contributed by atoms with Crippen molar-refractivity contribution in [2.24, 2.45) is 14.1 Å². The highest BCUT2D eigenvalue weighted by molar-refractivity contribution is 7.99. The minimum Gasteiger partial charge on any atom is -0.478 e. The quantitative estimate of drug-likeness (QED) is 0.397. The fraction of sp³-hybridized carbons (Fsp3) is 0.182. The molecule has 2 heterocycles. The van der Waals surface area contributed by atoms with Crippen LogP contribution in [0.1, 0.15) is 21.9 Å². The molecule has 0 spiro atoms. The van der Waals surface area contributed by atoms with Crippen LogP contribution in [0.15, 0.2) is 58.5 Å². The van der Waals surface area contributed by atoms with Crippen LogP contribution in [-0.4, -0.2) is 47.3 Å². The first-order chi connectivity index (χ1) is 15.8. The molecule has 0 saturated carbocycles. The largest absolute Gasteiger partial charge is 0.478 e. The summed E-state index contributed by atoms with van der Waals surface area (Å²) in [4.78, 5) is 36.0. The zero-order valence-corrected chi connectivity index (χ0v) is 18.7. The molecule has 0 saturated heterocycles. The number of carbonyl (C=O) groups is 2. The second-order valence-corrected chi connectivity index (χ2v) is 8.19. The lowest BCUT2D eigenvalue weighted by molar-refractivity contribution is -0.113. The number of rotatable bonds is 7. The monoisotopic (exact) mass is 464 g/mol. The molecule has 0 aliphatic rings. The van der Waals surface area contributed by atoms with Gasteiger partial charge in [0.15, 0.2) is 5.16 Å². The maximum Gasteiger partial charge on any atom is 0.337 e. The van der Waals surface area contributed by atoms with E-state index >= 15 is 0 Å². The van der Waals surface area contributed by atoms with Gasteiger partial charge in [-0.2, -0.15) is 5.10 Å². The number of fused-ring (bicyclic) bond motifs is 1. The number of aromatic nitrogens is 5. The second kappa shape index (κ2) is 9.25. The Bertz CT molecular complexity index is 1430. The Morgan fingerprint density at radius 2 is 1.73 bits per heavy atom. The number of nitrogens with zero attached hydrogens (tertiary/aromatic N) is 5. The van der Waals surface area contributed by atoms with Crippen LogP contribution in [0.25, 0.3) is 10.8 Å². The number of nitrogens with one attached hydrogen (secondary N) is 1. The number of aryl methyl sites for hydroxylation is 1. The van der Waals surface area contributed by atoms with Crippen molar-refractivity contribution >= 4 is 40.1 Å². The van der Waals surface area contributed by atoms with Gasteiger partial charge in [0.1, 0.15) is 5.82 Å². The molecule has 4 aromatic rings. The zero-order chi connectivity index (χ0) is 23.5. The highest BCUT2D eigenvalue weighted by Crippen LogP contribution is 2.21. The van der Waals surface area contributed by atoms with Crippen LogP contribution >= 0.6 is 11.8 Å². The molecule has 0 unspecified atom stereocenters. The average Bonchev–Trinajstić information content (AvgIpc) is 3.15. The SMILES string of the molecule is Cn1c(Cc2nn(C)c(=O)c3ccccc23)nnc1SCC(=O)Nc1ccccc1C(=O)O. The van der Waals surface area contributed by atoms with Crippen LogP contribution in [0.3, 0.4) is 0 Å². The van der Waals surface area contributed by atoms with Gasteiger partial charge in [-0.3, -0.25) is 9.59 Å². The van der Waals surface area contributed by atoms with Gasteiger partial charge in [-0.25, -0.2) is 9.48 Å². The lowest BCUT2D eigenvalue weighted by Crippen LogP contribution is -2.22. The summed E-state index contributed by atoms with van der Waals surface area (Å²) >= 11 is 1.18. The Balaban J connectivity index is 1.48. The van der Waals surface area contributed by atoms with Crippen molar-refractivity contribution in [3.63, 3.8) is 0 Å². The van der Waals surface area contributed by atoms with Gasteiger partial charge in [0.25, 0.3) is 5.56 Å². The second-order valence-electron chi connectivity index (χ2n) is 7.24. The number of benzene rings is 2. The van der Waals surface area contributed by atoms with E-state index in [1.807, 2.05) is 18.2 Å². The van der Waals surface area contributed by atoms with E-state index in [4.69, 9.17) is 0 Å². The third kappa shape index (κ3) is 4.62. The Labute approximate surface area is 192 Å². The van der Waals surface area contributed by atoms with Crippen molar-refractivity contribution in [2.45, 2.75) is 11.6 Å². The van der Waals surface area contributed by atoms with Gasteiger partial charge in [0.2, 0.25) is 5.91 Å². The van der Waals surface area contributed by atoms with Crippen molar-refractivity contribution < 1.29 is 14.7 Å². The van der Waals surface area contributed by atoms with Crippen LogP contribution in [0.4, 0.5) is 5.69 Å². The third-order valence-electron chi connectivity index (χ3n) is 5.05. The summed E-state index contributed by atoms with van der Waals surface area (Å²) in [6.07, 6.45) is 0.358. The number of thioether (sulfide) groups is 1. The molecule has 2 aromatic carbocycles. The Kier molecular flexibility index (Phi) is 6.22. The highest BCUT2D eigenvalue weighted by Gasteiger charge is 2.16. The molecule has 0 aliphatic heterocycles. The standard InChI is InChI=1S/C22H20N6O4S/c1-27-18(11-17-13-7-3-4-8-14(13)20(30)28(2)26-17)24-25-22(27)33-12-19(29)23-16-10-6-5-9-15(16)21(31)32/h3-10H,11-12H2,1-2H3,(H,23,29)(H,31,32). The normalized spacial score (nSPS) is 11.0. The number of hydrogen-bond donors (Lipinski definition) is 2. The number of carbonyl (C=O) groups excluding carboxylic acids is 1.